The minimum absolute atomic E-state index is 0.463. The van der Waals surface area contributed by atoms with Crippen LogP contribution in [-0.2, 0) is 19.3 Å². The predicted molar refractivity (Wildman–Crippen MR) is 142 cm³/mol. The van der Waals surface area contributed by atoms with Gasteiger partial charge in [-0.05, 0) is 84.7 Å². The number of aryl methyl sites for hydroxylation is 2. The lowest BCUT2D eigenvalue weighted by Crippen LogP contribution is -2.07. The SMILES string of the molecule is CCCc1nc2ccccc2n1-c1ccc2c(c1C)CCc1ccccc1/C2=C(/C)c1noc(=O)[nH]1. The molecule has 0 spiro atoms. The summed E-state index contributed by atoms with van der Waals surface area (Å²) in [4.78, 5) is 19.5. The Hall–Kier alpha value is -4.19. The van der Waals surface area contributed by atoms with E-state index < -0.39 is 5.76 Å². The molecule has 0 saturated heterocycles. The number of aromatic amines is 1. The van der Waals surface area contributed by atoms with Crippen LogP contribution >= 0.6 is 0 Å². The molecule has 36 heavy (non-hydrogen) atoms. The number of H-pyrrole nitrogens is 1. The van der Waals surface area contributed by atoms with Gasteiger partial charge in [-0.3, -0.25) is 14.1 Å². The molecule has 0 saturated carbocycles. The Morgan fingerprint density at radius 2 is 1.83 bits per heavy atom. The van der Waals surface area contributed by atoms with Crippen molar-refractivity contribution in [2.45, 2.75) is 46.5 Å². The van der Waals surface area contributed by atoms with Gasteiger partial charge in [-0.1, -0.05) is 54.5 Å². The normalized spacial score (nSPS) is 14.4. The molecule has 0 fully saturated rings. The van der Waals surface area contributed by atoms with Crippen LogP contribution in [0.3, 0.4) is 0 Å². The monoisotopic (exact) mass is 476 g/mol. The van der Waals surface area contributed by atoms with E-state index in [2.05, 4.69) is 83.2 Å². The number of rotatable bonds is 4. The number of fused-ring (bicyclic) bond motifs is 3. The molecule has 1 N–H and O–H groups in total. The fraction of sp³-hybridized carbons (Fsp3) is 0.233. The maximum absolute atomic E-state index is 11.7. The fourth-order valence-electron chi connectivity index (χ4n) is 5.58. The Morgan fingerprint density at radius 1 is 1.03 bits per heavy atom. The molecular weight excluding hydrogens is 448 g/mol. The molecule has 6 nitrogen and oxygen atoms in total. The van der Waals surface area contributed by atoms with Crippen LogP contribution in [0.1, 0.15) is 59.7 Å². The number of imidazole rings is 1. The molecule has 5 aromatic rings. The van der Waals surface area contributed by atoms with Crippen molar-refractivity contribution in [2.75, 3.05) is 0 Å². The number of nitrogens with zero attached hydrogens (tertiary/aromatic N) is 3. The number of allylic oxidation sites excluding steroid dienone is 1. The first-order chi connectivity index (χ1) is 17.6. The second-order valence-corrected chi connectivity index (χ2v) is 9.44. The molecule has 0 bridgehead atoms. The van der Waals surface area contributed by atoms with Crippen molar-refractivity contribution in [3.63, 3.8) is 0 Å². The first-order valence-electron chi connectivity index (χ1n) is 12.5. The Bertz CT molecular complexity index is 1700. The van der Waals surface area contributed by atoms with Crippen molar-refractivity contribution in [3.05, 3.63) is 111 Å². The van der Waals surface area contributed by atoms with Crippen molar-refractivity contribution in [2.24, 2.45) is 0 Å². The number of nitrogens with one attached hydrogen (secondary N) is 1. The van der Waals surface area contributed by atoms with Gasteiger partial charge in [0, 0.05) is 12.0 Å². The molecule has 0 atom stereocenters. The van der Waals surface area contributed by atoms with E-state index in [1.807, 2.05) is 13.0 Å². The molecule has 1 aliphatic rings. The lowest BCUT2D eigenvalue weighted by Gasteiger charge is -2.20. The van der Waals surface area contributed by atoms with Crippen LogP contribution in [0, 0.1) is 6.92 Å². The summed E-state index contributed by atoms with van der Waals surface area (Å²) in [6, 6.07) is 21.3. The zero-order chi connectivity index (χ0) is 24.8. The van der Waals surface area contributed by atoms with Crippen LogP contribution in [0.15, 0.2) is 70.0 Å². The summed E-state index contributed by atoms with van der Waals surface area (Å²) < 4.78 is 7.18. The molecule has 0 aliphatic heterocycles. The van der Waals surface area contributed by atoms with Gasteiger partial charge in [-0.2, -0.15) is 0 Å². The number of para-hydroxylation sites is 2. The van der Waals surface area contributed by atoms with E-state index in [9.17, 15) is 4.79 Å². The van der Waals surface area contributed by atoms with Gasteiger partial charge in [0.25, 0.3) is 0 Å². The summed E-state index contributed by atoms with van der Waals surface area (Å²) in [6.07, 6.45) is 3.81. The zero-order valence-electron chi connectivity index (χ0n) is 20.8. The topological polar surface area (TPSA) is 76.7 Å². The fourth-order valence-corrected chi connectivity index (χ4v) is 5.58. The number of aromatic nitrogens is 4. The molecule has 180 valence electrons. The molecule has 1 aliphatic carbocycles. The maximum Gasteiger partial charge on any atom is 0.439 e. The minimum Gasteiger partial charge on any atom is -0.296 e. The van der Waals surface area contributed by atoms with E-state index in [1.165, 1.54) is 33.5 Å². The largest absolute Gasteiger partial charge is 0.439 e. The Balaban J connectivity index is 1.62. The summed E-state index contributed by atoms with van der Waals surface area (Å²) in [5.41, 5.74) is 11.5. The second kappa shape index (κ2) is 8.79. The highest BCUT2D eigenvalue weighted by atomic mass is 16.5. The van der Waals surface area contributed by atoms with Gasteiger partial charge in [0.2, 0.25) is 0 Å². The van der Waals surface area contributed by atoms with Crippen LogP contribution in [0.2, 0.25) is 0 Å². The Kier molecular flexibility index (Phi) is 5.44. The van der Waals surface area contributed by atoms with Crippen molar-refractivity contribution in [1.29, 1.82) is 0 Å². The van der Waals surface area contributed by atoms with Crippen molar-refractivity contribution < 1.29 is 4.52 Å². The minimum atomic E-state index is -0.547. The highest BCUT2D eigenvalue weighted by molar-refractivity contribution is 5.99. The lowest BCUT2D eigenvalue weighted by atomic mass is 9.88. The predicted octanol–water partition coefficient (Wildman–Crippen LogP) is 6.04. The number of hydrogen-bond acceptors (Lipinski definition) is 4. The van der Waals surface area contributed by atoms with Gasteiger partial charge in [0.15, 0.2) is 5.82 Å². The third-order valence-corrected chi connectivity index (χ3v) is 7.29. The molecule has 6 rings (SSSR count). The maximum atomic E-state index is 11.7. The summed E-state index contributed by atoms with van der Waals surface area (Å²) in [5.74, 6) is 1.00. The molecular formula is C30H28N4O2. The summed E-state index contributed by atoms with van der Waals surface area (Å²) >= 11 is 0. The van der Waals surface area contributed by atoms with Crippen molar-refractivity contribution in [3.8, 4) is 5.69 Å². The van der Waals surface area contributed by atoms with Crippen LogP contribution in [0.4, 0.5) is 0 Å². The van der Waals surface area contributed by atoms with Gasteiger partial charge in [0.1, 0.15) is 5.82 Å². The number of benzene rings is 3. The average molecular weight is 477 g/mol. The Morgan fingerprint density at radius 3 is 2.64 bits per heavy atom. The summed E-state index contributed by atoms with van der Waals surface area (Å²) in [7, 11) is 0. The third kappa shape index (κ3) is 3.52. The highest BCUT2D eigenvalue weighted by Gasteiger charge is 2.25. The van der Waals surface area contributed by atoms with Crippen molar-refractivity contribution >= 4 is 22.2 Å². The summed E-state index contributed by atoms with van der Waals surface area (Å²) in [6.45, 7) is 6.42. The molecule has 0 amide bonds. The highest BCUT2D eigenvalue weighted by Crippen LogP contribution is 2.40. The quantitative estimate of drug-likeness (QED) is 0.343. The summed E-state index contributed by atoms with van der Waals surface area (Å²) in [5, 5.41) is 4.00. The first kappa shape index (κ1) is 22.3. The third-order valence-electron chi connectivity index (χ3n) is 7.29. The van der Waals surface area contributed by atoms with Gasteiger partial charge >= 0.3 is 5.76 Å². The van der Waals surface area contributed by atoms with Gasteiger partial charge in [-0.25, -0.2) is 9.78 Å². The van der Waals surface area contributed by atoms with Crippen LogP contribution in [0.25, 0.3) is 27.9 Å². The van der Waals surface area contributed by atoms with E-state index in [0.717, 1.165) is 53.7 Å². The van der Waals surface area contributed by atoms with Crippen LogP contribution < -0.4 is 5.76 Å². The van der Waals surface area contributed by atoms with Gasteiger partial charge in [0.05, 0.1) is 16.7 Å². The van der Waals surface area contributed by atoms with Crippen molar-refractivity contribution in [1.82, 2.24) is 19.7 Å². The van der Waals surface area contributed by atoms with Crippen LogP contribution in [0.5, 0.6) is 0 Å². The molecule has 0 radical (unpaired) electrons. The molecule has 2 aromatic heterocycles. The lowest BCUT2D eigenvalue weighted by molar-refractivity contribution is 0.385. The second-order valence-electron chi connectivity index (χ2n) is 9.44. The van der Waals surface area contributed by atoms with E-state index in [-0.39, 0.29) is 0 Å². The first-order valence-corrected chi connectivity index (χ1v) is 12.5. The molecule has 2 heterocycles. The molecule has 6 heteroatoms. The zero-order valence-corrected chi connectivity index (χ0v) is 20.8. The van der Waals surface area contributed by atoms with Gasteiger partial charge < -0.3 is 0 Å². The van der Waals surface area contributed by atoms with Gasteiger partial charge in [-0.15, -0.1) is 0 Å². The Labute approximate surface area is 209 Å². The molecule has 3 aromatic carbocycles. The van der Waals surface area contributed by atoms with E-state index in [1.54, 1.807) is 0 Å². The van der Waals surface area contributed by atoms with E-state index in [0.29, 0.717) is 5.82 Å². The van der Waals surface area contributed by atoms with E-state index in [4.69, 9.17) is 9.51 Å². The van der Waals surface area contributed by atoms with E-state index >= 15 is 0 Å². The van der Waals surface area contributed by atoms with Crippen LogP contribution in [-0.4, -0.2) is 19.7 Å². The number of hydrogen-bond donors (Lipinski definition) is 1. The standard InChI is InChI=1S/C30H28N4O2/c1-4-9-27-31-24-12-7-8-13-26(24)34(27)25-17-16-23-21(18(25)2)15-14-20-10-5-6-11-22(20)28(23)19(3)29-32-30(35)36-33-29/h5-8,10-13,16-17H,4,9,14-15H2,1-3H3,(H,32,33,35)/b28-19+. The smallest absolute Gasteiger partial charge is 0.296 e. The molecule has 0 unspecified atom stereocenters. The average Bonchev–Trinajstić information content (AvgIpc) is 3.43.